The maximum atomic E-state index is 12.9. The normalized spacial score (nSPS) is 10.8. The van der Waals surface area contributed by atoms with Gasteiger partial charge in [0.05, 0.1) is 31.3 Å². The Morgan fingerprint density at radius 3 is 2.61 bits per heavy atom. The van der Waals surface area contributed by atoms with Gasteiger partial charge < -0.3 is 18.8 Å². The summed E-state index contributed by atoms with van der Waals surface area (Å²) < 4.78 is 18.6. The van der Waals surface area contributed by atoms with E-state index in [-0.39, 0.29) is 18.0 Å². The third kappa shape index (κ3) is 5.92. The van der Waals surface area contributed by atoms with Crippen molar-refractivity contribution in [2.45, 2.75) is 33.7 Å². The fraction of sp³-hybridized carbons (Fsp3) is 0.346. The first-order chi connectivity index (χ1) is 15.9. The zero-order valence-corrected chi connectivity index (χ0v) is 19.2. The third-order valence-corrected chi connectivity index (χ3v) is 4.94. The predicted molar refractivity (Wildman–Crippen MR) is 125 cm³/mol. The maximum absolute atomic E-state index is 12.9. The van der Waals surface area contributed by atoms with Crippen molar-refractivity contribution in [2.75, 3.05) is 19.8 Å². The number of fused-ring (bicyclic) bond motifs is 1. The molecule has 0 saturated carbocycles. The number of ketones is 1. The number of carbonyl (C=O) groups excluding carboxylic acids is 2. The maximum Gasteiger partial charge on any atom is 0.338 e. The summed E-state index contributed by atoms with van der Waals surface area (Å²) in [5, 5.41) is 9.65. The zero-order valence-electron chi connectivity index (χ0n) is 19.2. The molecule has 0 radical (unpaired) electrons. The van der Waals surface area contributed by atoms with Crippen LogP contribution in [0.4, 0.5) is 0 Å². The number of aryl methyl sites for hydroxylation is 1. The number of hydrogen-bond donors (Lipinski definition) is 0. The molecule has 0 bridgehead atoms. The molecule has 0 saturated heterocycles. The Balaban J connectivity index is 1.72. The Bertz CT molecular complexity index is 1170. The predicted octanol–water partition coefficient (Wildman–Crippen LogP) is 5.03. The van der Waals surface area contributed by atoms with Crippen LogP contribution < -0.4 is 9.47 Å². The minimum absolute atomic E-state index is 0.277. The summed E-state index contributed by atoms with van der Waals surface area (Å²) in [6, 6.07) is 14.4. The van der Waals surface area contributed by atoms with E-state index in [0.717, 1.165) is 10.9 Å². The lowest BCUT2D eigenvalue weighted by molar-refractivity contribution is 0.0474. The van der Waals surface area contributed by atoms with E-state index in [1.54, 1.807) is 24.4 Å². The van der Waals surface area contributed by atoms with Crippen LogP contribution in [0.25, 0.3) is 10.9 Å². The van der Waals surface area contributed by atoms with Gasteiger partial charge >= 0.3 is 5.97 Å². The lowest BCUT2D eigenvalue weighted by atomic mass is 10.1. The van der Waals surface area contributed by atoms with Crippen molar-refractivity contribution in [1.82, 2.24) is 4.57 Å². The average molecular weight is 449 g/mol. The second-order valence-corrected chi connectivity index (χ2v) is 7.96. The van der Waals surface area contributed by atoms with Gasteiger partial charge in [-0.25, -0.2) is 4.79 Å². The third-order valence-electron chi connectivity index (χ3n) is 4.94. The molecule has 0 aliphatic heterocycles. The lowest BCUT2D eigenvalue weighted by Gasteiger charge is -2.14. The van der Waals surface area contributed by atoms with Crippen molar-refractivity contribution in [3.8, 4) is 17.6 Å². The first kappa shape index (κ1) is 23.9. The number of hydrogen-bond acceptors (Lipinski definition) is 6. The fourth-order valence-electron chi connectivity index (χ4n) is 3.40. The molecule has 3 aromatic rings. The number of para-hydroxylation sites is 1. The van der Waals surface area contributed by atoms with Crippen LogP contribution in [-0.2, 0) is 11.3 Å². The van der Waals surface area contributed by atoms with Gasteiger partial charge in [-0.15, -0.1) is 0 Å². The number of esters is 1. The molecule has 1 heterocycles. The smallest absolute Gasteiger partial charge is 0.338 e. The van der Waals surface area contributed by atoms with Crippen LogP contribution in [0.3, 0.4) is 0 Å². The summed E-state index contributed by atoms with van der Waals surface area (Å²) in [5.41, 5.74) is 1.60. The summed E-state index contributed by atoms with van der Waals surface area (Å²) in [7, 11) is 0. The number of ether oxygens (including phenoxy) is 3. The Hall–Kier alpha value is -3.79. The van der Waals surface area contributed by atoms with E-state index in [9.17, 15) is 9.59 Å². The molecule has 0 aliphatic carbocycles. The molecule has 1 aromatic heterocycles. The van der Waals surface area contributed by atoms with E-state index in [4.69, 9.17) is 19.5 Å². The van der Waals surface area contributed by atoms with Gasteiger partial charge in [0.1, 0.15) is 0 Å². The lowest BCUT2D eigenvalue weighted by Crippen LogP contribution is -2.14. The molecular formula is C26H28N2O5. The van der Waals surface area contributed by atoms with Gasteiger partial charge in [0.15, 0.2) is 18.1 Å². The Kier molecular flexibility index (Phi) is 8.09. The molecule has 0 N–H and O–H groups in total. The van der Waals surface area contributed by atoms with Crippen LogP contribution in [0.2, 0.25) is 0 Å². The number of carbonyl (C=O) groups is 2. The SMILES string of the molecule is CCOc1cc(C(=O)OCC(=O)c2cn(CCC#N)c3ccccc23)ccc1OCC(C)C. The summed E-state index contributed by atoms with van der Waals surface area (Å²) in [6.45, 7) is 6.98. The van der Waals surface area contributed by atoms with E-state index < -0.39 is 5.97 Å². The zero-order chi connectivity index (χ0) is 23.8. The molecule has 0 spiro atoms. The second kappa shape index (κ2) is 11.2. The van der Waals surface area contributed by atoms with E-state index in [0.29, 0.717) is 49.2 Å². The highest BCUT2D eigenvalue weighted by molar-refractivity contribution is 6.09. The van der Waals surface area contributed by atoms with Crippen molar-refractivity contribution in [3.05, 3.63) is 59.8 Å². The van der Waals surface area contributed by atoms with Crippen LogP contribution in [0.15, 0.2) is 48.7 Å². The number of nitrogens with zero attached hydrogens (tertiary/aromatic N) is 2. The molecule has 0 fully saturated rings. The molecule has 7 heteroatoms. The summed E-state index contributed by atoms with van der Waals surface area (Å²) in [5.74, 6) is 0.439. The summed E-state index contributed by atoms with van der Waals surface area (Å²) in [6.07, 6.45) is 2.05. The molecule has 0 amide bonds. The first-order valence-corrected chi connectivity index (χ1v) is 11.0. The second-order valence-electron chi connectivity index (χ2n) is 7.96. The van der Waals surface area contributed by atoms with E-state index >= 15 is 0 Å². The fourth-order valence-corrected chi connectivity index (χ4v) is 3.40. The molecule has 3 rings (SSSR count). The van der Waals surface area contributed by atoms with Gasteiger partial charge in [0.2, 0.25) is 5.78 Å². The van der Waals surface area contributed by atoms with E-state index in [2.05, 4.69) is 6.07 Å². The molecule has 172 valence electrons. The van der Waals surface area contributed by atoms with E-state index in [1.165, 1.54) is 0 Å². The van der Waals surface area contributed by atoms with Crippen LogP contribution in [0.1, 0.15) is 47.9 Å². The molecule has 33 heavy (non-hydrogen) atoms. The monoisotopic (exact) mass is 448 g/mol. The highest BCUT2D eigenvalue weighted by atomic mass is 16.5. The number of aromatic nitrogens is 1. The number of nitriles is 1. The van der Waals surface area contributed by atoms with Gasteiger partial charge in [-0.05, 0) is 37.1 Å². The van der Waals surface area contributed by atoms with Crippen LogP contribution in [0.5, 0.6) is 11.5 Å². The Morgan fingerprint density at radius 2 is 1.88 bits per heavy atom. The number of benzene rings is 2. The average Bonchev–Trinajstić information content (AvgIpc) is 3.19. The van der Waals surface area contributed by atoms with Crippen LogP contribution in [-0.4, -0.2) is 36.1 Å². The van der Waals surface area contributed by atoms with E-state index in [1.807, 2.05) is 49.6 Å². The van der Waals surface area contributed by atoms with Crippen molar-refractivity contribution >= 4 is 22.7 Å². The topological polar surface area (TPSA) is 90.5 Å². The largest absolute Gasteiger partial charge is 0.490 e. The van der Waals surface area contributed by atoms with Crippen molar-refractivity contribution in [1.29, 1.82) is 5.26 Å². The highest BCUT2D eigenvalue weighted by Gasteiger charge is 2.18. The van der Waals surface area contributed by atoms with Crippen molar-refractivity contribution in [2.24, 2.45) is 5.92 Å². The van der Waals surface area contributed by atoms with Crippen molar-refractivity contribution in [3.63, 3.8) is 0 Å². The first-order valence-electron chi connectivity index (χ1n) is 11.0. The molecule has 0 aliphatic rings. The Morgan fingerprint density at radius 1 is 1.09 bits per heavy atom. The molecule has 0 atom stereocenters. The number of Topliss-reactive ketones (excluding diaryl/α,β-unsaturated/α-hetero) is 1. The molecule has 0 unspecified atom stereocenters. The highest BCUT2D eigenvalue weighted by Crippen LogP contribution is 2.29. The van der Waals surface area contributed by atoms with Crippen LogP contribution >= 0.6 is 0 Å². The quantitative estimate of drug-likeness (QED) is 0.302. The minimum Gasteiger partial charge on any atom is -0.490 e. The van der Waals surface area contributed by atoms with Gasteiger partial charge in [0.25, 0.3) is 0 Å². The van der Waals surface area contributed by atoms with Gasteiger partial charge in [-0.2, -0.15) is 5.26 Å². The minimum atomic E-state index is -0.618. The van der Waals surface area contributed by atoms with Crippen molar-refractivity contribution < 1.29 is 23.8 Å². The van der Waals surface area contributed by atoms with Gasteiger partial charge in [-0.1, -0.05) is 32.0 Å². The summed E-state index contributed by atoms with van der Waals surface area (Å²) in [4.78, 5) is 25.5. The standard InChI is InChI=1S/C26H28N2O5/c1-4-31-25-14-19(10-11-24(25)32-16-18(2)3)26(30)33-17-23(29)21-15-28(13-7-12-27)22-9-6-5-8-20(21)22/h5-6,8-11,14-15,18H,4,7,13,16-17H2,1-3H3. The number of rotatable bonds is 11. The van der Waals surface area contributed by atoms with Crippen LogP contribution in [0, 0.1) is 17.2 Å². The molecule has 7 nitrogen and oxygen atoms in total. The summed E-state index contributed by atoms with van der Waals surface area (Å²) >= 11 is 0. The Labute approximate surface area is 193 Å². The van der Waals surface area contributed by atoms with Gasteiger partial charge in [0, 0.05) is 29.2 Å². The van der Waals surface area contributed by atoms with Gasteiger partial charge in [-0.3, -0.25) is 4.79 Å². The molecule has 2 aromatic carbocycles. The molecular weight excluding hydrogens is 420 g/mol.